The van der Waals surface area contributed by atoms with Crippen LogP contribution in [0, 0.1) is 13.8 Å². The number of alkyl halides is 1. The van der Waals surface area contributed by atoms with Crippen molar-refractivity contribution in [1.82, 2.24) is 0 Å². The van der Waals surface area contributed by atoms with Crippen LogP contribution in [0.1, 0.15) is 116 Å². The number of hydrogen-bond acceptors (Lipinski definition) is 8. The van der Waals surface area contributed by atoms with E-state index >= 15 is 0 Å². The number of halogens is 1. The van der Waals surface area contributed by atoms with E-state index in [1.54, 1.807) is 43.5 Å². The SMILES string of the molecule is CCCCCCC[C@@H](O)CCOS(=O)(=O)c1ccc(C)cc1.CCCCCCC[C@H](CCOS(=O)(=O)c1ccc(C)cc1)OC.CI.[H-].[Na+]. The zero-order valence-corrected chi connectivity index (χ0v) is 36.4. The summed E-state index contributed by atoms with van der Waals surface area (Å²) in [7, 11) is -5.71. The van der Waals surface area contributed by atoms with Crippen molar-refractivity contribution < 1.29 is 66.0 Å². The van der Waals surface area contributed by atoms with Crippen LogP contribution in [0.15, 0.2) is 58.3 Å². The average Bonchev–Trinajstić information content (AvgIpc) is 3.05. The summed E-state index contributed by atoms with van der Waals surface area (Å²) >= 11 is 2.15. The third-order valence-electron chi connectivity index (χ3n) is 7.59. The molecule has 2 aromatic carbocycles. The van der Waals surface area contributed by atoms with Gasteiger partial charge in [-0.25, -0.2) is 0 Å². The topological polar surface area (TPSA) is 116 Å². The number of methoxy groups -OCH3 is 1. The van der Waals surface area contributed by atoms with Gasteiger partial charge in [-0.2, -0.15) is 16.8 Å². The Balaban J connectivity index is -0.000000792. The molecule has 0 fully saturated rings. The second-order valence-corrected chi connectivity index (χ2v) is 14.9. The van der Waals surface area contributed by atoms with Crippen LogP contribution in [0.4, 0.5) is 0 Å². The Kier molecular flexibility index (Phi) is 31.8. The predicted octanol–water partition coefficient (Wildman–Crippen LogP) is 6.45. The van der Waals surface area contributed by atoms with Gasteiger partial charge in [0.25, 0.3) is 20.2 Å². The summed E-state index contributed by atoms with van der Waals surface area (Å²) in [5, 5.41) is 9.83. The van der Waals surface area contributed by atoms with E-state index in [0.717, 1.165) is 36.8 Å². The van der Waals surface area contributed by atoms with Crippen LogP contribution in [0.25, 0.3) is 0 Å². The Morgan fingerprint density at radius 1 is 0.625 bits per heavy atom. The molecule has 8 nitrogen and oxygen atoms in total. The molecule has 0 aliphatic carbocycles. The van der Waals surface area contributed by atoms with Crippen molar-refractivity contribution in [2.45, 2.75) is 140 Å². The van der Waals surface area contributed by atoms with Crippen molar-refractivity contribution in [2.24, 2.45) is 0 Å². The Morgan fingerprint density at radius 2 is 1.00 bits per heavy atom. The summed E-state index contributed by atoms with van der Waals surface area (Å²) in [6.07, 6.45) is 14.0. The van der Waals surface area contributed by atoms with Gasteiger partial charge in [-0.3, -0.25) is 8.37 Å². The van der Waals surface area contributed by atoms with Gasteiger partial charge in [0.2, 0.25) is 0 Å². The predicted molar refractivity (Wildman–Crippen MR) is 202 cm³/mol. The number of aliphatic hydroxyl groups is 1. The number of benzene rings is 2. The summed E-state index contributed by atoms with van der Waals surface area (Å²) in [5.74, 6) is 0. The van der Waals surface area contributed by atoms with Crippen molar-refractivity contribution in [1.29, 1.82) is 0 Å². The van der Waals surface area contributed by atoms with Crippen molar-refractivity contribution in [2.75, 3.05) is 25.3 Å². The average molecular weight is 837 g/mol. The Bertz CT molecular complexity index is 1250. The Hall–Kier alpha value is -0.0900. The molecule has 0 aliphatic heterocycles. The quantitative estimate of drug-likeness (QED) is 0.0447. The van der Waals surface area contributed by atoms with Gasteiger partial charge in [0, 0.05) is 7.11 Å². The van der Waals surface area contributed by atoms with E-state index in [0.29, 0.717) is 19.3 Å². The minimum absolute atomic E-state index is 0. The fourth-order valence-corrected chi connectivity index (χ4v) is 6.45. The molecule has 274 valence electrons. The van der Waals surface area contributed by atoms with E-state index in [-0.39, 0.29) is 60.1 Å². The maximum atomic E-state index is 12.1. The first-order valence-electron chi connectivity index (χ1n) is 17.0. The van der Waals surface area contributed by atoms with Crippen LogP contribution < -0.4 is 29.6 Å². The molecule has 2 rings (SSSR count). The molecule has 0 heterocycles. The molecular formula is C36H62INaO8S2. The fraction of sp³-hybridized carbons (Fsp3) is 0.667. The molecule has 0 aromatic heterocycles. The fourth-order valence-electron chi connectivity index (χ4n) is 4.61. The Labute approximate surface area is 330 Å². The molecule has 0 saturated carbocycles. The number of rotatable bonds is 23. The summed E-state index contributed by atoms with van der Waals surface area (Å²) < 4.78 is 63.6. The number of aliphatic hydroxyl groups excluding tert-OH is 1. The molecule has 1 N–H and O–H groups in total. The largest absolute Gasteiger partial charge is 1.00 e. The second-order valence-electron chi connectivity index (χ2n) is 11.7. The van der Waals surface area contributed by atoms with Crippen LogP contribution in [-0.4, -0.2) is 59.4 Å². The van der Waals surface area contributed by atoms with E-state index in [9.17, 15) is 21.9 Å². The smallest absolute Gasteiger partial charge is 1.00 e. The number of ether oxygens (including phenoxy) is 1. The van der Waals surface area contributed by atoms with Gasteiger partial charge in [-0.05, 0) is 68.7 Å². The van der Waals surface area contributed by atoms with E-state index in [1.807, 2.05) is 18.8 Å². The second kappa shape index (κ2) is 30.5. The number of hydrogen-bond donors (Lipinski definition) is 1. The van der Waals surface area contributed by atoms with Gasteiger partial charge in [0.05, 0.1) is 35.2 Å². The minimum Gasteiger partial charge on any atom is -1.00 e. The zero-order chi connectivity index (χ0) is 35.6. The van der Waals surface area contributed by atoms with Gasteiger partial charge >= 0.3 is 29.6 Å². The summed E-state index contributed by atoms with van der Waals surface area (Å²) in [5.41, 5.74) is 2.02. The minimum atomic E-state index is -3.72. The molecule has 0 aliphatic rings. The third kappa shape index (κ3) is 24.2. The molecular weight excluding hydrogens is 774 g/mol. The van der Waals surface area contributed by atoms with Crippen LogP contribution in [-0.2, 0) is 33.3 Å². The van der Waals surface area contributed by atoms with E-state index in [4.69, 9.17) is 13.1 Å². The van der Waals surface area contributed by atoms with E-state index in [1.165, 1.54) is 57.1 Å². The zero-order valence-electron chi connectivity index (χ0n) is 31.6. The third-order valence-corrected chi connectivity index (χ3v) is 10.2. The van der Waals surface area contributed by atoms with Gasteiger partial charge in [0.15, 0.2) is 0 Å². The molecule has 0 bridgehead atoms. The van der Waals surface area contributed by atoms with Crippen molar-refractivity contribution >= 4 is 42.8 Å². The van der Waals surface area contributed by atoms with E-state index in [2.05, 4.69) is 36.4 Å². The molecule has 2 aromatic rings. The summed E-state index contributed by atoms with van der Waals surface area (Å²) in [4.78, 5) is 2.33. The molecule has 0 radical (unpaired) electrons. The van der Waals surface area contributed by atoms with Crippen molar-refractivity contribution in [3.63, 3.8) is 0 Å². The maximum Gasteiger partial charge on any atom is 1.00 e. The van der Waals surface area contributed by atoms with Gasteiger partial charge in [0.1, 0.15) is 0 Å². The molecule has 0 spiro atoms. The molecule has 0 unspecified atom stereocenters. The molecule has 48 heavy (non-hydrogen) atoms. The van der Waals surface area contributed by atoms with Gasteiger partial charge in [-0.1, -0.05) is 136 Å². The van der Waals surface area contributed by atoms with Gasteiger partial charge in [-0.15, -0.1) is 0 Å². The normalized spacial score (nSPS) is 12.5. The molecule has 2 atom stereocenters. The first kappa shape index (κ1) is 50.0. The first-order chi connectivity index (χ1) is 22.4. The number of unbranched alkanes of at least 4 members (excludes halogenated alkanes) is 8. The first-order valence-corrected chi connectivity index (χ1v) is 21.9. The molecule has 0 amide bonds. The maximum absolute atomic E-state index is 12.1. The van der Waals surface area contributed by atoms with E-state index < -0.39 is 26.3 Å². The van der Waals surface area contributed by atoms with Crippen LogP contribution in [0.2, 0.25) is 0 Å². The molecule has 12 heteroatoms. The van der Waals surface area contributed by atoms with Crippen LogP contribution in [0.5, 0.6) is 0 Å². The number of aryl methyl sites for hydroxylation is 2. The van der Waals surface area contributed by atoms with Crippen LogP contribution in [0.3, 0.4) is 0 Å². The molecule has 0 saturated heterocycles. The van der Waals surface area contributed by atoms with Crippen molar-refractivity contribution in [3.8, 4) is 0 Å². The van der Waals surface area contributed by atoms with Crippen LogP contribution >= 0.6 is 22.6 Å². The van der Waals surface area contributed by atoms with Crippen molar-refractivity contribution in [3.05, 3.63) is 59.7 Å². The summed E-state index contributed by atoms with van der Waals surface area (Å²) in [6.45, 7) is 8.36. The Morgan fingerprint density at radius 3 is 1.40 bits per heavy atom. The van der Waals surface area contributed by atoms with Gasteiger partial charge < -0.3 is 11.3 Å². The standard InChI is InChI=1S/C18H30O4S.C17H28O4S.CH3I.Na.H/c1-4-5-6-7-8-9-17(21-3)14-15-22-23(19,20)18-12-10-16(2)11-13-18;1-3-4-5-6-7-8-16(18)13-14-21-22(19,20)17-11-9-15(2)10-12-17;1-2;;/h10-13,17H,4-9,14-15H2,1-3H3;9-12,16,18H,3-8,13-14H2,1-2H3;1H3;;/q;;;+1;-1/t17-;16-;;;/m11.../s1. The summed E-state index contributed by atoms with van der Waals surface area (Å²) in [6, 6.07) is 13.2. The monoisotopic (exact) mass is 836 g/mol.